The van der Waals surface area contributed by atoms with E-state index in [0.717, 1.165) is 25.9 Å². The Morgan fingerprint density at radius 2 is 2.19 bits per heavy atom. The molecule has 0 aromatic heterocycles. The van der Waals surface area contributed by atoms with Crippen LogP contribution in [0.25, 0.3) is 0 Å². The molecule has 1 heterocycles. The van der Waals surface area contributed by atoms with Crippen molar-refractivity contribution in [2.45, 2.75) is 32.6 Å². The van der Waals surface area contributed by atoms with Gasteiger partial charge in [0.2, 0.25) is 0 Å². The third kappa shape index (κ3) is 4.22. The van der Waals surface area contributed by atoms with Crippen LogP contribution in [0.5, 0.6) is 0 Å². The van der Waals surface area contributed by atoms with E-state index in [2.05, 4.69) is 0 Å². The summed E-state index contributed by atoms with van der Waals surface area (Å²) in [4.78, 5) is 0. The van der Waals surface area contributed by atoms with Gasteiger partial charge in [0.15, 0.2) is 0 Å². The summed E-state index contributed by atoms with van der Waals surface area (Å²) in [7, 11) is -2.84. The van der Waals surface area contributed by atoms with Crippen molar-refractivity contribution in [1.29, 1.82) is 0 Å². The lowest BCUT2D eigenvalue weighted by molar-refractivity contribution is -0.000148. The van der Waals surface area contributed by atoms with E-state index in [1.807, 2.05) is 0 Å². The monoisotopic (exact) mass is 268 g/mol. The molecule has 96 valence electrons. The van der Waals surface area contributed by atoms with Crippen LogP contribution >= 0.6 is 11.6 Å². The lowest BCUT2D eigenvalue weighted by Gasteiger charge is -2.35. The average molecular weight is 269 g/mol. The second-order valence-electron chi connectivity index (χ2n) is 4.63. The molecule has 0 bridgehead atoms. The summed E-state index contributed by atoms with van der Waals surface area (Å²) in [6.07, 6.45) is 3.65. The molecule has 1 aliphatic rings. The Balaban J connectivity index is 2.39. The van der Waals surface area contributed by atoms with Crippen LogP contribution in [-0.4, -0.2) is 39.0 Å². The number of ether oxygens (including phenoxy) is 1. The lowest BCUT2D eigenvalue weighted by atomic mass is 9.80. The van der Waals surface area contributed by atoms with E-state index in [1.165, 1.54) is 0 Å². The van der Waals surface area contributed by atoms with Crippen molar-refractivity contribution < 1.29 is 13.2 Å². The zero-order chi connectivity index (χ0) is 12.1. The highest BCUT2D eigenvalue weighted by atomic mass is 35.5. The molecular formula is C11H21ClO3S. The van der Waals surface area contributed by atoms with E-state index in [-0.39, 0.29) is 16.9 Å². The first-order valence-corrected chi connectivity index (χ1v) is 8.23. The summed E-state index contributed by atoms with van der Waals surface area (Å²) >= 11 is 5.99. The van der Waals surface area contributed by atoms with Gasteiger partial charge in [-0.15, -0.1) is 11.6 Å². The molecule has 1 rings (SSSR count). The quantitative estimate of drug-likeness (QED) is 0.694. The number of halogens is 1. The largest absolute Gasteiger partial charge is 0.381 e. The Labute approximate surface area is 103 Å². The van der Waals surface area contributed by atoms with Gasteiger partial charge in [0.05, 0.1) is 12.4 Å². The van der Waals surface area contributed by atoms with E-state index in [4.69, 9.17) is 16.3 Å². The van der Waals surface area contributed by atoms with Gasteiger partial charge in [0.25, 0.3) is 0 Å². The molecule has 0 aliphatic carbocycles. The molecule has 0 aromatic rings. The van der Waals surface area contributed by atoms with Crippen molar-refractivity contribution in [3.63, 3.8) is 0 Å². The molecule has 1 atom stereocenters. The molecule has 1 unspecified atom stereocenters. The van der Waals surface area contributed by atoms with E-state index >= 15 is 0 Å². The van der Waals surface area contributed by atoms with Crippen molar-refractivity contribution >= 4 is 21.4 Å². The van der Waals surface area contributed by atoms with Crippen molar-refractivity contribution in [2.75, 3.05) is 30.6 Å². The van der Waals surface area contributed by atoms with E-state index in [1.54, 1.807) is 6.92 Å². The minimum atomic E-state index is -2.84. The Hall–Kier alpha value is 0.200. The maximum Gasteiger partial charge on any atom is 0.150 e. The number of alkyl halides is 1. The molecule has 0 aromatic carbocycles. The molecule has 1 fully saturated rings. The maximum atomic E-state index is 11.4. The predicted molar refractivity (Wildman–Crippen MR) is 66.8 cm³/mol. The van der Waals surface area contributed by atoms with Gasteiger partial charge >= 0.3 is 0 Å². The molecule has 3 nitrogen and oxygen atoms in total. The SMILES string of the molecule is CCS(=O)(=O)CCCC1(CCl)CCCOC1. The summed E-state index contributed by atoms with van der Waals surface area (Å²) in [5.74, 6) is 1.08. The lowest BCUT2D eigenvalue weighted by Crippen LogP contribution is -2.34. The zero-order valence-corrected chi connectivity index (χ0v) is 11.4. The second-order valence-corrected chi connectivity index (χ2v) is 7.37. The van der Waals surface area contributed by atoms with E-state index in [9.17, 15) is 8.42 Å². The highest BCUT2D eigenvalue weighted by molar-refractivity contribution is 7.91. The van der Waals surface area contributed by atoms with Gasteiger partial charge in [-0.05, 0) is 25.7 Å². The summed E-state index contributed by atoms with van der Waals surface area (Å²) in [5.41, 5.74) is 0.0169. The molecule has 0 saturated carbocycles. The van der Waals surface area contributed by atoms with Crippen molar-refractivity contribution in [3.05, 3.63) is 0 Å². The van der Waals surface area contributed by atoms with Crippen LogP contribution in [0.2, 0.25) is 0 Å². The normalized spacial score (nSPS) is 26.9. The third-order valence-electron chi connectivity index (χ3n) is 3.29. The Morgan fingerprint density at radius 1 is 1.44 bits per heavy atom. The molecule has 0 spiro atoms. The Kier molecular flexibility index (Phi) is 5.54. The van der Waals surface area contributed by atoms with Gasteiger partial charge < -0.3 is 4.74 Å². The number of hydrogen-bond acceptors (Lipinski definition) is 3. The van der Waals surface area contributed by atoms with Crippen molar-refractivity contribution in [2.24, 2.45) is 5.41 Å². The van der Waals surface area contributed by atoms with Crippen LogP contribution in [-0.2, 0) is 14.6 Å². The minimum absolute atomic E-state index is 0.0169. The maximum absolute atomic E-state index is 11.4. The average Bonchev–Trinajstić information content (AvgIpc) is 2.30. The molecule has 0 N–H and O–H groups in total. The molecule has 1 saturated heterocycles. The van der Waals surface area contributed by atoms with Gasteiger partial charge in [-0.1, -0.05) is 6.92 Å². The highest BCUT2D eigenvalue weighted by Crippen LogP contribution is 2.34. The van der Waals surface area contributed by atoms with Crippen molar-refractivity contribution in [3.8, 4) is 0 Å². The molecule has 0 radical (unpaired) electrons. The molecule has 5 heteroatoms. The summed E-state index contributed by atoms with van der Waals surface area (Å²) in [6.45, 7) is 3.19. The first-order chi connectivity index (χ1) is 7.54. The van der Waals surface area contributed by atoms with Crippen LogP contribution in [0.15, 0.2) is 0 Å². The Bertz CT molecular complexity index is 294. The van der Waals surface area contributed by atoms with E-state index < -0.39 is 9.84 Å². The predicted octanol–water partition coefficient (Wildman–Crippen LogP) is 2.24. The van der Waals surface area contributed by atoms with Crippen LogP contribution in [0.4, 0.5) is 0 Å². The second kappa shape index (κ2) is 6.22. The fraction of sp³-hybridized carbons (Fsp3) is 1.00. The molecule has 16 heavy (non-hydrogen) atoms. The first-order valence-electron chi connectivity index (χ1n) is 5.88. The Morgan fingerprint density at radius 3 is 2.69 bits per heavy atom. The zero-order valence-electron chi connectivity index (χ0n) is 9.87. The van der Waals surface area contributed by atoms with Crippen molar-refractivity contribution in [1.82, 2.24) is 0 Å². The van der Waals surface area contributed by atoms with Crippen LogP contribution in [0.3, 0.4) is 0 Å². The first kappa shape index (κ1) is 14.3. The molecular weight excluding hydrogens is 248 g/mol. The van der Waals surface area contributed by atoms with Crippen LogP contribution in [0, 0.1) is 5.41 Å². The van der Waals surface area contributed by atoms with Gasteiger partial charge in [-0.3, -0.25) is 0 Å². The highest BCUT2D eigenvalue weighted by Gasteiger charge is 2.31. The van der Waals surface area contributed by atoms with Crippen LogP contribution in [0.1, 0.15) is 32.6 Å². The summed E-state index contributed by atoms with van der Waals surface area (Å²) in [5, 5.41) is 0. The van der Waals surface area contributed by atoms with Gasteiger partial charge in [0, 0.05) is 23.7 Å². The molecule has 0 amide bonds. The van der Waals surface area contributed by atoms with Crippen LogP contribution < -0.4 is 0 Å². The third-order valence-corrected chi connectivity index (χ3v) is 5.65. The smallest absolute Gasteiger partial charge is 0.150 e. The van der Waals surface area contributed by atoms with Gasteiger partial charge in [0.1, 0.15) is 9.84 Å². The summed E-state index contributed by atoms with van der Waals surface area (Å²) < 4.78 is 28.2. The van der Waals surface area contributed by atoms with E-state index in [0.29, 0.717) is 18.9 Å². The fourth-order valence-electron chi connectivity index (χ4n) is 2.09. The number of sulfone groups is 1. The van der Waals surface area contributed by atoms with Gasteiger partial charge in [-0.25, -0.2) is 8.42 Å². The molecule has 1 aliphatic heterocycles. The standard InChI is InChI=1S/C11H21ClO3S/c1-2-16(13,14)8-4-6-11(9-12)5-3-7-15-10-11/h2-10H2,1H3. The summed E-state index contributed by atoms with van der Waals surface area (Å²) in [6, 6.07) is 0. The topological polar surface area (TPSA) is 43.4 Å². The fourth-order valence-corrected chi connectivity index (χ4v) is 3.31. The minimum Gasteiger partial charge on any atom is -0.381 e. The van der Waals surface area contributed by atoms with Gasteiger partial charge in [-0.2, -0.15) is 0 Å². The number of hydrogen-bond donors (Lipinski definition) is 0. The number of rotatable bonds is 6.